The molecule has 2 amide bonds. The molecule has 1 aromatic rings. The minimum atomic E-state index is -0.930. The second kappa shape index (κ2) is 6.30. The number of nitrogens with one attached hydrogen (secondary N) is 2. The van der Waals surface area contributed by atoms with E-state index >= 15 is 0 Å². The molecule has 0 radical (unpaired) electrons. The maximum Gasteiger partial charge on any atom is 0.315 e. The maximum atomic E-state index is 13.0. The standard InChI is InChI=1S/C14H16ClFN2O3/c15-10-6-9(2-3-11(10)16)8-17-13(21)18-14(4-1-5-14)7-12(19)20/h2-3,6H,1,4-5,7-8H2,(H,19,20)(H2,17,18,21). The van der Waals surface area contributed by atoms with Gasteiger partial charge < -0.3 is 15.7 Å². The Kier molecular flexibility index (Phi) is 4.67. The summed E-state index contributed by atoms with van der Waals surface area (Å²) in [6, 6.07) is 3.76. The van der Waals surface area contributed by atoms with Crippen LogP contribution in [-0.2, 0) is 11.3 Å². The Hall–Kier alpha value is -1.82. The van der Waals surface area contributed by atoms with Gasteiger partial charge >= 0.3 is 12.0 Å². The van der Waals surface area contributed by atoms with Crippen LogP contribution >= 0.6 is 11.6 Å². The van der Waals surface area contributed by atoms with Crippen molar-refractivity contribution < 1.29 is 19.1 Å². The molecular weight excluding hydrogens is 299 g/mol. The SMILES string of the molecule is O=C(O)CC1(NC(=O)NCc2ccc(F)c(Cl)c2)CCC1. The summed E-state index contributed by atoms with van der Waals surface area (Å²) in [5.41, 5.74) is 0.0218. The Morgan fingerprint density at radius 2 is 2.10 bits per heavy atom. The summed E-state index contributed by atoms with van der Waals surface area (Å²) >= 11 is 5.66. The van der Waals surface area contributed by atoms with Gasteiger partial charge in [0.25, 0.3) is 0 Å². The van der Waals surface area contributed by atoms with Gasteiger partial charge in [-0.05, 0) is 37.0 Å². The molecule has 0 aliphatic heterocycles. The van der Waals surface area contributed by atoms with Gasteiger partial charge in [-0.15, -0.1) is 0 Å². The van der Waals surface area contributed by atoms with E-state index in [-0.39, 0.29) is 18.0 Å². The van der Waals surface area contributed by atoms with E-state index in [1.165, 1.54) is 18.2 Å². The molecule has 0 bridgehead atoms. The summed E-state index contributed by atoms with van der Waals surface area (Å²) in [7, 11) is 0. The molecule has 5 nitrogen and oxygen atoms in total. The molecule has 0 unspecified atom stereocenters. The average molecular weight is 315 g/mol. The average Bonchev–Trinajstić information content (AvgIpc) is 2.37. The van der Waals surface area contributed by atoms with Gasteiger partial charge in [0.15, 0.2) is 0 Å². The molecule has 21 heavy (non-hydrogen) atoms. The van der Waals surface area contributed by atoms with Crippen LogP contribution < -0.4 is 10.6 Å². The molecule has 0 spiro atoms. The predicted molar refractivity (Wildman–Crippen MR) is 75.6 cm³/mol. The van der Waals surface area contributed by atoms with Crippen LogP contribution in [0.4, 0.5) is 9.18 Å². The summed E-state index contributed by atoms with van der Waals surface area (Å²) in [6.45, 7) is 0.189. The van der Waals surface area contributed by atoms with Gasteiger partial charge in [0.1, 0.15) is 5.82 Å². The van der Waals surface area contributed by atoms with Gasteiger partial charge in [-0.3, -0.25) is 4.79 Å². The number of hydrogen-bond donors (Lipinski definition) is 3. The number of rotatable bonds is 5. The third kappa shape index (κ3) is 4.07. The fraction of sp³-hybridized carbons (Fsp3) is 0.429. The first-order valence-corrected chi connectivity index (χ1v) is 7.00. The van der Waals surface area contributed by atoms with Crippen molar-refractivity contribution in [3.8, 4) is 0 Å². The Morgan fingerprint density at radius 3 is 2.62 bits per heavy atom. The molecule has 7 heteroatoms. The molecule has 1 fully saturated rings. The Bertz CT molecular complexity index is 561. The highest BCUT2D eigenvalue weighted by molar-refractivity contribution is 6.30. The molecule has 2 rings (SSSR count). The highest BCUT2D eigenvalue weighted by atomic mass is 35.5. The normalized spacial score (nSPS) is 15.9. The van der Waals surface area contributed by atoms with Crippen molar-refractivity contribution >= 4 is 23.6 Å². The summed E-state index contributed by atoms with van der Waals surface area (Å²) in [5, 5.41) is 14.2. The van der Waals surface area contributed by atoms with Crippen molar-refractivity contribution in [1.29, 1.82) is 0 Å². The molecule has 0 aromatic heterocycles. The molecule has 114 valence electrons. The van der Waals surface area contributed by atoms with Crippen molar-refractivity contribution in [3.63, 3.8) is 0 Å². The van der Waals surface area contributed by atoms with Crippen LogP contribution in [0.5, 0.6) is 0 Å². The van der Waals surface area contributed by atoms with Crippen LogP contribution in [0.15, 0.2) is 18.2 Å². The van der Waals surface area contributed by atoms with Crippen LogP contribution in [0.25, 0.3) is 0 Å². The number of halogens is 2. The van der Waals surface area contributed by atoms with Gasteiger partial charge in [0.05, 0.1) is 17.0 Å². The molecular formula is C14H16ClFN2O3. The van der Waals surface area contributed by atoms with Crippen LogP contribution in [0.1, 0.15) is 31.2 Å². The second-order valence-corrected chi connectivity index (χ2v) is 5.67. The largest absolute Gasteiger partial charge is 0.481 e. The highest BCUT2D eigenvalue weighted by Gasteiger charge is 2.40. The van der Waals surface area contributed by atoms with Gasteiger partial charge in [0.2, 0.25) is 0 Å². The Morgan fingerprint density at radius 1 is 1.38 bits per heavy atom. The van der Waals surface area contributed by atoms with E-state index in [2.05, 4.69) is 10.6 Å². The van der Waals surface area contributed by atoms with Crippen LogP contribution in [-0.4, -0.2) is 22.6 Å². The highest BCUT2D eigenvalue weighted by Crippen LogP contribution is 2.34. The van der Waals surface area contributed by atoms with Crippen molar-refractivity contribution in [1.82, 2.24) is 10.6 Å². The molecule has 0 heterocycles. The number of urea groups is 1. The molecule has 1 aliphatic rings. The number of benzene rings is 1. The smallest absolute Gasteiger partial charge is 0.315 e. The maximum absolute atomic E-state index is 13.0. The molecule has 0 atom stereocenters. The fourth-order valence-electron chi connectivity index (χ4n) is 2.36. The van der Waals surface area contributed by atoms with Crippen LogP contribution in [0.2, 0.25) is 5.02 Å². The number of carboxylic acid groups (broad SMARTS) is 1. The number of hydrogen-bond acceptors (Lipinski definition) is 2. The van der Waals surface area contributed by atoms with E-state index in [0.717, 1.165) is 6.42 Å². The van der Waals surface area contributed by atoms with Gasteiger partial charge in [-0.2, -0.15) is 0 Å². The zero-order chi connectivity index (χ0) is 15.5. The van der Waals surface area contributed by atoms with Crippen LogP contribution in [0.3, 0.4) is 0 Å². The van der Waals surface area contributed by atoms with E-state index in [4.69, 9.17) is 16.7 Å². The second-order valence-electron chi connectivity index (χ2n) is 5.26. The number of carbonyl (C=O) groups is 2. The van der Waals surface area contributed by atoms with Crippen molar-refractivity contribution in [3.05, 3.63) is 34.6 Å². The van der Waals surface area contributed by atoms with E-state index in [9.17, 15) is 14.0 Å². The Labute approximate surface area is 126 Å². The van der Waals surface area contributed by atoms with E-state index in [0.29, 0.717) is 18.4 Å². The third-order valence-electron chi connectivity index (χ3n) is 3.62. The fourth-order valence-corrected chi connectivity index (χ4v) is 2.56. The number of carboxylic acids is 1. The molecule has 0 saturated heterocycles. The zero-order valence-corrected chi connectivity index (χ0v) is 12.0. The third-order valence-corrected chi connectivity index (χ3v) is 3.91. The lowest BCUT2D eigenvalue weighted by molar-refractivity contribution is -0.139. The summed E-state index contributed by atoms with van der Waals surface area (Å²) in [5.74, 6) is -1.44. The molecule has 3 N–H and O–H groups in total. The quantitative estimate of drug-likeness (QED) is 0.782. The predicted octanol–water partition coefficient (Wildman–Crippen LogP) is 2.68. The zero-order valence-electron chi connectivity index (χ0n) is 11.3. The molecule has 1 saturated carbocycles. The van der Waals surface area contributed by atoms with Gasteiger partial charge in [-0.1, -0.05) is 17.7 Å². The number of amides is 2. The topological polar surface area (TPSA) is 78.4 Å². The minimum absolute atomic E-state index is 0.00366. The van der Waals surface area contributed by atoms with E-state index < -0.39 is 23.4 Å². The number of aliphatic carboxylic acids is 1. The lowest BCUT2D eigenvalue weighted by Crippen LogP contribution is -2.57. The lowest BCUT2D eigenvalue weighted by atomic mass is 9.74. The first-order chi connectivity index (χ1) is 9.90. The monoisotopic (exact) mass is 314 g/mol. The minimum Gasteiger partial charge on any atom is -0.481 e. The van der Waals surface area contributed by atoms with Crippen molar-refractivity contribution in [2.75, 3.05) is 0 Å². The Balaban J connectivity index is 1.86. The van der Waals surface area contributed by atoms with Crippen LogP contribution in [0, 0.1) is 5.82 Å². The molecule has 1 aliphatic carbocycles. The first kappa shape index (κ1) is 15.6. The summed E-state index contributed by atoms with van der Waals surface area (Å²) < 4.78 is 13.0. The summed E-state index contributed by atoms with van der Waals surface area (Å²) in [4.78, 5) is 22.7. The first-order valence-electron chi connectivity index (χ1n) is 6.62. The van der Waals surface area contributed by atoms with Gasteiger partial charge in [0, 0.05) is 6.54 Å². The van der Waals surface area contributed by atoms with Crippen molar-refractivity contribution in [2.45, 2.75) is 37.8 Å². The van der Waals surface area contributed by atoms with E-state index in [1.54, 1.807) is 0 Å². The van der Waals surface area contributed by atoms with Crippen molar-refractivity contribution in [2.24, 2.45) is 0 Å². The molecule has 1 aromatic carbocycles. The summed E-state index contributed by atoms with van der Waals surface area (Å²) in [6.07, 6.45) is 2.15. The number of carbonyl (C=O) groups excluding carboxylic acids is 1. The van der Waals surface area contributed by atoms with E-state index in [1.807, 2.05) is 0 Å². The lowest BCUT2D eigenvalue weighted by Gasteiger charge is -2.41. The van der Waals surface area contributed by atoms with Gasteiger partial charge in [-0.25, -0.2) is 9.18 Å².